The highest BCUT2D eigenvalue weighted by Gasteiger charge is 2.33. The van der Waals surface area contributed by atoms with Crippen molar-refractivity contribution in [2.45, 2.75) is 58.9 Å². The van der Waals surface area contributed by atoms with E-state index in [0.717, 1.165) is 70.0 Å². The third kappa shape index (κ3) is 3.79. The van der Waals surface area contributed by atoms with Crippen molar-refractivity contribution < 1.29 is 9.32 Å². The van der Waals surface area contributed by atoms with Crippen LogP contribution in [0.4, 0.5) is 0 Å². The first-order chi connectivity index (χ1) is 11.6. The van der Waals surface area contributed by atoms with Gasteiger partial charge < -0.3 is 9.42 Å². The van der Waals surface area contributed by atoms with E-state index in [9.17, 15) is 4.79 Å². The van der Waals surface area contributed by atoms with Crippen LogP contribution in [0.3, 0.4) is 0 Å². The largest absolute Gasteiger partial charge is 0.342 e. The van der Waals surface area contributed by atoms with Gasteiger partial charge in [-0.3, -0.25) is 9.69 Å². The Balaban J connectivity index is 1.60. The highest BCUT2D eigenvalue weighted by molar-refractivity contribution is 5.79. The van der Waals surface area contributed by atoms with E-state index in [1.807, 2.05) is 6.92 Å². The summed E-state index contributed by atoms with van der Waals surface area (Å²) < 4.78 is 5.40. The number of likely N-dealkylation sites (tertiary alicyclic amines) is 2. The Labute approximate surface area is 144 Å². The van der Waals surface area contributed by atoms with Gasteiger partial charge in [0.2, 0.25) is 11.8 Å². The third-order valence-corrected chi connectivity index (χ3v) is 5.60. The molecule has 2 fully saturated rings. The number of nitrogens with zero attached hydrogens (tertiary/aromatic N) is 4. The summed E-state index contributed by atoms with van der Waals surface area (Å²) in [7, 11) is 0. The molecule has 2 saturated heterocycles. The van der Waals surface area contributed by atoms with Gasteiger partial charge in [0.15, 0.2) is 5.82 Å². The van der Waals surface area contributed by atoms with E-state index in [1.165, 1.54) is 0 Å². The molecule has 0 N–H and O–H groups in total. The standard InChI is InChI=1S/C18H30N4O2/c1-4-16-19-17(24-20-16)14(3)22-9-5-6-15(12-22)18(23)21-10-7-13(2)8-11-21/h13-15H,4-12H2,1-3H3/t14-,15+/m1/s1. The molecule has 1 amide bonds. The zero-order valence-electron chi connectivity index (χ0n) is 15.2. The molecule has 2 aliphatic rings. The van der Waals surface area contributed by atoms with Crippen LogP contribution in [0.15, 0.2) is 4.52 Å². The van der Waals surface area contributed by atoms with Crippen LogP contribution >= 0.6 is 0 Å². The van der Waals surface area contributed by atoms with Gasteiger partial charge in [-0.1, -0.05) is 19.0 Å². The molecule has 6 nitrogen and oxygen atoms in total. The molecule has 24 heavy (non-hydrogen) atoms. The second-order valence-electron chi connectivity index (χ2n) is 7.42. The Bertz CT molecular complexity index is 551. The predicted molar refractivity (Wildman–Crippen MR) is 91.4 cm³/mol. The number of amides is 1. The molecular formula is C18H30N4O2. The second-order valence-corrected chi connectivity index (χ2v) is 7.42. The summed E-state index contributed by atoms with van der Waals surface area (Å²) in [5.74, 6) is 2.64. The minimum Gasteiger partial charge on any atom is -0.342 e. The van der Waals surface area contributed by atoms with E-state index in [2.05, 4.69) is 33.8 Å². The lowest BCUT2D eigenvalue weighted by molar-refractivity contribution is -0.139. The number of hydrogen-bond acceptors (Lipinski definition) is 5. The van der Waals surface area contributed by atoms with Gasteiger partial charge in [0.1, 0.15) is 0 Å². The first-order valence-corrected chi connectivity index (χ1v) is 9.43. The molecule has 0 spiro atoms. The van der Waals surface area contributed by atoms with E-state index < -0.39 is 0 Å². The first kappa shape index (κ1) is 17.4. The maximum absolute atomic E-state index is 12.9. The highest BCUT2D eigenvalue weighted by atomic mass is 16.5. The van der Waals surface area contributed by atoms with Crippen LogP contribution in [0.5, 0.6) is 0 Å². The van der Waals surface area contributed by atoms with Crippen molar-refractivity contribution in [2.24, 2.45) is 11.8 Å². The molecule has 0 bridgehead atoms. The maximum atomic E-state index is 12.9. The Morgan fingerprint density at radius 3 is 2.71 bits per heavy atom. The van der Waals surface area contributed by atoms with E-state index in [-0.39, 0.29) is 12.0 Å². The number of carbonyl (C=O) groups is 1. The van der Waals surface area contributed by atoms with E-state index in [4.69, 9.17) is 4.52 Å². The van der Waals surface area contributed by atoms with Gasteiger partial charge in [0.05, 0.1) is 12.0 Å². The number of rotatable bonds is 4. The van der Waals surface area contributed by atoms with Gasteiger partial charge in [-0.15, -0.1) is 0 Å². The lowest BCUT2D eigenvalue weighted by atomic mass is 9.93. The molecule has 0 aliphatic carbocycles. The number of aryl methyl sites for hydroxylation is 1. The van der Waals surface area contributed by atoms with Gasteiger partial charge in [-0.2, -0.15) is 4.98 Å². The normalized spacial score (nSPS) is 25.0. The van der Waals surface area contributed by atoms with Crippen molar-refractivity contribution in [1.29, 1.82) is 0 Å². The molecule has 134 valence electrons. The lowest BCUT2D eigenvalue weighted by Gasteiger charge is -2.38. The predicted octanol–water partition coefficient (Wildman–Crippen LogP) is 2.66. The molecule has 0 unspecified atom stereocenters. The fraction of sp³-hybridized carbons (Fsp3) is 0.833. The number of aromatic nitrogens is 2. The minimum absolute atomic E-state index is 0.0785. The average molecular weight is 334 g/mol. The molecule has 1 aromatic heterocycles. The molecule has 2 atom stereocenters. The average Bonchev–Trinajstić information content (AvgIpc) is 3.10. The van der Waals surface area contributed by atoms with Crippen molar-refractivity contribution >= 4 is 5.91 Å². The summed E-state index contributed by atoms with van der Waals surface area (Å²) in [6, 6.07) is 0.0785. The highest BCUT2D eigenvalue weighted by Crippen LogP contribution is 2.28. The number of carbonyl (C=O) groups excluding carboxylic acids is 1. The minimum atomic E-state index is 0.0785. The van der Waals surface area contributed by atoms with Crippen LogP contribution in [0.1, 0.15) is 64.2 Å². The molecule has 1 aromatic rings. The smallest absolute Gasteiger partial charge is 0.243 e. The molecular weight excluding hydrogens is 304 g/mol. The summed E-state index contributed by atoms with van der Waals surface area (Å²) in [5, 5.41) is 4.00. The summed E-state index contributed by atoms with van der Waals surface area (Å²) >= 11 is 0. The topological polar surface area (TPSA) is 62.5 Å². The van der Waals surface area contributed by atoms with Crippen LogP contribution in [0, 0.1) is 11.8 Å². The van der Waals surface area contributed by atoms with Crippen LogP contribution in [0.25, 0.3) is 0 Å². The zero-order chi connectivity index (χ0) is 17.1. The molecule has 6 heteroatoms. The summed E-state index contributed by atoms with van der Waals surface area (Å²) in [6.45, 7) is 10.0. The third-order valence-electron chi connectivity index (χ3n) is 5.60. The van der Waals surface area contributed by atoms with Gasteiger partial charge >= 0.3 is 0 Å². The molecule has 0 aromatic carbocycles. The van der Waals surface area contributed by atoms with E-state index in [0.29, 0.717) is 11.8 Å². The van der Waals surface area contributed by atoms with Crippen molar-refractivity contribution in [2.75, 3.05) is 26.2 Å². The second kappa shape index (κ2) is 7.64. The molecule has 3 heterocycles. The summed E-state index contributed by atoms with van der Waals surface area (Å²) in [6.07, 6.45) is 5.11. The van der Waals surface area contributed by atoms with E-state index >= 15 is 0 Å². The van der Waals surface area contributed by atoms with Crippen LogP contribution in [0.2, 0.25) is 0 Å². The van der Waals surface area contributed by atoms with E-state index in [1.54, 1.807) is 0 Å². The SMILES string of the molecule is CCc1noc([C@@H](C)N2CCC[C@H](C(=O)N3CCC(C)CC3)C2)n1. The fourth-order valence-electron chi connectivity index (χ4n) is 3.78. The van der Waals surface area contributed by atoms with Crippen LogP contribution in [-0.2, 0) is 11.2 Å². The van der Waals surface area contributed by atoms with Crippen molar-refractivity contribution in [3.05, 3.63) is 11.7 Å². The summed E-state index contributed by atoms with van der Waals surface area (Å²) in [5.41, 5.74) is 0. The van der Waals surface area contributed by atoms with Crippen LogP contribution < -0.4 is 0 Å². The summed E-state index contributed by atoms with van der Waals surface area (Å²) in [4.78, 5) is 21.7. The molecule has 3 rings (SSSR count). The van der Waals surface area contributed by atoms with Gasteiger partial charge in [-0.05, 0) is 45.1 Å². The monoisotopic (exact) mass is 334 g/mol. The Kier molecular flexibility index (Phi) is 5.54. The molecule has 0 saturated carbocycles. The fourth-order valence-corrected chi connectivity index (χ4v) is 3.78. The number of hydrogen-bond donors (Lipinski definition) is 0. The van der Waals surface area contributed by atoms with Crippen molar-refractivity contribution in [3.8, 4) is 0 Å². The van der Waals surface area contributed by atoms with Crippen molar-refractivity contribution in [3.63, 3.8) is 0 Å². The molecule has 0 radical (unpaired) electrons. The molecule has 2 aliphatic heterocycles. The van der Waals surface area contributed by atoms with Gasteiger partial charge in [0, 0.05) is 26.1 Å². The van der Waals surface area contributed by atoms with Crippen LogP contribution in [-0.4, -0.2) is 52.0 Å². The zero-order valence-corrected chi connectivity index (χ0v) is 15.2. The Morgan fingerprint density at radius 1 is 1.29 bits per heavy atom. The Morgan fingerprint density at radius 2 is 2.04 bits per heavy atom. The first-order valence-electron chi connectivity index (χ1n) is 9.43. The number of piperidine rings is 2. The van der Waals surface area contributed by atoms with Gasteiger partial charge in [-0.25, -0.2) is 0 Å². The van der Waals surface area contributed by atoms with Crippen molar-refractivity contribution in [1.82, 2.24) is 19.9 Å². The Hall–Kier alpha value is -1.43. The quantitative estimate of drug-likeness (QED) is 0.847. The maximum Gasteiger partial charge on any atom is 0.243 e. The lowest BCUT2D eigenvalue weighted by Crippen LogP contribution is -2.47. The van der Waals surface area contributed by atoms with Gasteiger partial charge in [0.25, 0.3) is 0 Å².